The zero-order valence-electron chi connectivity index (χ0n) is 8.12. The maximum absolute atomic E-state index is 11.0. The lowest BCUT2D eigenvalue weighted by Gasteiger charge is -2.04. The largest absolute Gasteiger partial charge is 0.480 e. The molecule has 0 heterocycles. The van der Waals surface area contributed by atoms with Crippen molar-refractivity contribution in [2.24, 2.45) is 0 Å². The number of hydrogen-bond donors (Lipinski definition) is 3. The Labute approximate surface area is 83.7 Å². The molecule has 0 aromatic heterocycles. The first-order valence-corrected chi connectivity index (χ1v) is 6.03. The van der Waals surface area contributed by atoms with E-state index in [2.05, 4.69) is 10.0 Å². The summed E-state index contributed by atoms with van der Waals surface area (Å²) in [6, 6.07) is 0. The first kappa shape index (κ1) is 13.3. The summed E-state index contributed by atoms with van der Waals surface area (Å²) < 4.78 is 24.1. The third-order valence-corrected chi connectivity index (χ3v) is 2.63. The van der Waals surface area contributed by atoms with E-state index in [0.29, 0.717) is 6.54 Å². The molecule has 84 valence electrons. The smallest absolute Gasteiger partial charge is 0.320 e. The Kier molecular flexibility index (Phi) is 6.43. The van der Waals surface area contributed by atoms with Crippen LogP contribution in [0.5, 0.6) is 0 Å². The minimum Gasteiger partial charge on any atom is -0.480 e. The fraction of sp³-hybridized carbons (Fsp3) is 0.857. The number of rotatable bonds is 8. The van der Waals surface area contributed by atoms with Crippen LogP contribution >= 0.6 is 0 Å². The lowest BCUT2D eigenvalue weighted by molar-refractivity contribution is -0.134. The first-order valence-electron chi connectivity index (χ1n) is 4.38. The van der Waals surface area contributed by atoms with Gasteiger partial charge in [0, 0.05) is 13.1 Å². The molecule has 0 saturated heterocycles. The molecule has 0 atom stereocenters. The van der Waals surface area contributed by atoms with Gasteiger partial charge in [0.05, 0.1) is 0 Å². The number of sulfonamides is 1. The minimum absolute atomic E-state index is 0.218. The van der Waals surface area contributed by atoms with Gasteiger partial charge in [0.2, 0.25) is 10.0 Å². The van der Waals surface area contributed by atoms with Gasteiger partial charge in [-0.3, -0.25) is 4.79 Å². The normalized spacial score (nSPS) is 11.5. The Bertz CT molecular complexity index is 263. The van der Waals surface area contributed by atoms with E-state index >= 15 is 0 Å². The summed E-state index contributed by atoms with van der Waals surface area (Å²) >= 11 is 0. The molecular weight excluding hydrogens is 208 g/mol. The summed E-state index contributed by atoms with van der Waals surface area (Å²) in [6.45, 7) is 3.55. The van der Waals surface area contributed by atoms with Crippen LogP contribution in [0.3, 0.4) is 0 Å². The number of hydrogen-bond acceptors (Lipinski definition) is 4. The predicted octanol–water partition coefficient (Wildman–Crippen LogP) is -1.01. The Hall–Kier alpha value is -0.660. The van der Waals surface area contributed by atoms with Gasteiger partial charge in [0.25, 0.3) is 0 Å². The summed E-state index contributed by atoms with van der Waals surface area (Å²) in [6.07, 6.45) is 0.974. The number of aliphatic carboxylic acids is 1. The zero-order chi connectivity index (χ0) is 11.0. The molecular formula is C7H16N2O4S. The summed E-state index contributed by atoms with van der Waals surface area (Å²) in [7, 11) is -3.66. The molecule has 0 fully saturated rings. The Morgan fingerprint density at radius 1 is 1.29 bits per heavy atom. The highest BCUT2D eigenvalue weighted by Crippen LogP contribution is 1.82. The molecule has 0 saturated carbocycles. The second-order valence-electron chi connectivity index (χ2n) is 2.80. The van der Waals surface area contributed by atoms with Gasteiger partial charge in [0.1, 0.15) is 0 Å². The van der Waals surface area contributed by atoms with Crippen LogP contribution in [0.4, 0.5) is 0 Å². The number of carboxylic acids is 1. The number of nitrogens with one attached hydrogen (secondary N) is 2. The highest BCUT2D eigenvalue weighted by molar-refractivity contribution is 7.90. The quantitative estimate of drug-likeness (QED) is 0.459. The highest BCUT2D eigenvalue weighted by atomic mass is 32.2. The average Bonchev–Trinajstić information content (AvgIpc) is 2.01. The molecule has 0 unspecified atom stereocenters. The van der Waals surface area contributed by atoms with E-state index in [1.54, 1.807) is 0 Å². The van der Waals surface area contributed by atoms with E-state index in [4.69, 9.17) is 5.11 Å². The molecule has 0 spiro atoms. The molecule has 0 aliphatic rings. The van der Waals surface area contributed by atoms with Gasteiger partial charge in [-0.25, -0.2) is 13.1 Å². The molecule has 7 heteroatoms. The van der Waals surface area contributed by atoms with E-state index in [9.17, 15) is 13.2 Å². The second kappa shape index (κ2) is 6.74. The van der Waals surface area contributed by atoms with Crippen LogP contribution in [0.1, 0.15) is 13.3 Å². The van der Waals surface area contributed by atoms with Crippen molar-refractivity contribution in [3.05, 3.63) is 0 Å². The predicted molar refractivity (Wildman–Crippen MR) is 52.6 cm³/mol. The monoisotopic (exact) mass is 224 g/mol. The van der Waals surface area contributed by atoms with Gasteiger partial charge in [-0.2, -0.15) is 0 Å². The van der Waals surface area contributed by atoms with Crippen LogP contribution in [-0.4, -0.2) is 44.9 Å². The van der Waals surface area contributed by atoms with Crippen molar-refractivity contribution in [3.63, 3.8) is 0 Å². The molecule has 0 aliphatic heterocycles. The van der Waals surface area contributed by atoms with Gasteiger partial charge in [0.15, 0.2) is 5.75 Å². The van der Waals surface area contributed by atoms with E-state index < -0.39 is 21.7 Å². The van der Waals surface area contributed by atoms with E-state index in [1.807, 2.05) is 6.92 Å². The Morgan fingerprint density at radius 2 is 1.93 bits per heavy atom. The third-order valence-electron chi connectivity index (χ3n) is 1.36. The van der Waals surface area contributed by atoms with Crippen molar-refractivity contribution < 1.29 is 18.3 Å². The third kappa shape index (κ3) is 7.96. The summed E-state index contributed by atoms with van der Waals surface area (Å²) in [5, 5.41) is 11.2. The van der Waals surface area contributed by atoms with Gasteiger partial charge in [-0.15, -0.1) is 0 Å². The lowest BCUT2D eigenvalue weighted by atomic mass is 10.5. The second-order valence-corrected chi connectivity index (χ2v) is 4.60. The number of carboxylic acid groups (broad SMARTS) is 1. The van der Waals surface area contributed by atoms with Crippen molar-refractivity contribution in [2.75, 3.05) is 25.4 Å². The van der Waals surface area contributed by atoms with E-state index in [-0.39, 0.29) is 6.54 Å². The standard InChI is InChI=1S/C7H16N2O4S/c1-2-3-8-4-5-9-14(12,13)6-7(10)11/h8-9H,2-6H2,1H3,(H,10,11). The molecule has 6 nitrogen and oxygen atoms in total. The molecule has 0 aromatic rings. The average molecular weight is 224 g/mol. The SMILES string of the molecule is CCCNCCNS(=O)(=O)CC(=O)O. The molecule has 0 aromatic carbocycles. The fourth-order valence-corrected chi connectivity index (χ4v) is 1.65. The molecule has 14 heavy (non-hydrogen) atoms. The van der Waals surface area contributed by atoms with Crippen molar-refractivity contribution in [3.8, 4) is 0 Å². The molecule has 0 rings (SSSR count). The van der Waals surface area contributed by atoms with Gasteiger partial charge >= 0.3 is 5.97 Å². The topological polar surface area (TPSA) is 95.5 Å². The Balaban J connectivity index is 3.61. The molecule has 0 radical (unpaired) electrons. The van der Waals surface area contributed by atoms with Crippen molar-refractivity contribution in [1.29, 1.82) is 0 Å². The molecule has 3 N–H and O–H groups in total. The highest BCUT2D eigenvalue weighted by Gasteiger charge is 2.13. The van der Waals surface area contributed by atoms with Crippen molar-refractivity contribution in [1.82, 2.24) is 10.0 Å². The molecule has 0 amide bonds. The maximum Gasteiger partial charge on any atom is 0.320 e. The fourth-order valence-electron chi connectivity index (χ4n) is 0.810. The molecule has 0 aliphatic carbocycles. The summed E-state index contributed by atoms with van der Waals surface area (Å²) in [5.74, 6) is -2.22. The van der Waals surface area contributed by atoms with Gasteiger partial charge < -0.3 is 10.4 Å². The summed E-state index contributed by atoms with van der Waals surface area (Å²) in [5.41, 5.74) is 0. The van der Waals surface area contributed by atoms with Crippen molar-refractivity contribution in [2.45, 2.75) is 13.3 Å². The summed E-state index contributed by atoms with van der Waals surface area (Å²) in [4.78, 5) is 10.1. The van der Waals surface area contributed by atoms with Gasteiger partial charge in [-0.05, 0) is 13.0 Å². The van der Waals surface area contributed by atoms with Crippen LogP contribution < -0.4 is 10.0 Å². The zero-order valence-corrected chi connectivity index (χ0v) is 8.93. The Morgan fingerprint density at radius 3 is 2.43 bits per heavy atom. The first-order chi connectivity index (χ1) is 6.48. The maximum atomic E-state index is 11.0. The number of carbonyl (C=O) groups is 1. The van der Waals surface area contributed by atoms with E-state index in [1.165, 1.54) is 0 Å². The van der Waals surface area contributed by atoms with E-state index in [0.717, 1.165) is 13.0 Å². The lowest BCUT2D eigenvalue weighted by Crippen LogP contribution is -2.35. The van der Waals surface area contributed by atoms with Crippen LogP contribution in [0, 0.1) is 0 Å². The van der Waals surface area contributed by atoms with Crippen LogP contribution in [-0.2, 0) is 14.8 Å². The minimum atomic E-state index is -3.66. The van der Waals surface area contributed by atoms with Crippen molar-refractivity contribution >= 4 is 16.0 Å². The van der Waals surface area contributed by atoms with Crippen LogP contribution in [0.2, 0.25) is 0 Å². The van der Waals surface area contributed by atoms with Crippen LogP contribution in [0.25, 0.3) is 0 Å². The van der Waals surface area contributed by atoms with Gasteiger partial charge in [-0.1, -0.05) is 6.92 Å². The van der Waals surface area contributed by atoms with Crippen LogP contribution in [0.15, 0.2) is 0 Å². The molecule has 0 bridgehead atoms.